The van der Waals surface area contributed by atoms with Crippen LogP contribution >= 0.6 is 0 Å². The second-order valence-electron chi connectivity index (χ2n) is 4.47. The van der Waals surface area contributed by atoms with Crippen LogP contribution < -0.4 is 5.32 Å². The first-order valence-electron chi connectivity index (χ1n) is 5.68. The Morgan fingerprint density at radius 1 is 1.67 bits per heavy atom. The van der Waals surface area contributed by atoms with E-state index in [0.717, 1.165) is 19.4 Å². The lowest BCUT2D eigenvalue weighted by molar-refractivity contribution is -0.138. The summed E-state index contributed by atoms with van der Waals surface area (Å²) in [6.07, 6.45) is 2.01. The van der Waals surface area contributed by atoms with Gasteiger partial charge in [0.05, 0.1) is 18.6 Å². The first-order chi connectivity index (χ1) is 7.07. The molecule has 0 aliphatic carbocycles. The van der Waals surface area contributed by atoms with Crippen molar-refractivity contribution in [3.05, 3.63) is 0 Å². The Hall–Kier alpha value is -0.610. The molecule has 1 rings (SSSR count). The number of hydrogen-bond acceptors (Lipinski definition) is 3. The van der Waals surface area contributed by atoms with Gasteiger partial charge in [-0.1, -0.05) is 0 Å². The number of piperidine rings is 1. The predicted octanol–water partition coefficient (Wildman–Crippen LogP) is 0.214. The van der Waals surface area contributed by atoms with Crippen molar-refractivity contribution in [1.29, 1.82) is 0 Å². The monoisotopic (exact) mass is 214 g/mol. The molecule has 4 nitrogen and oxygen atoms in total. The average Bonchev–Trinajstić information content (AvgIpc) is 2.26. The lowest BCUT2D eigenvalue weighted by Crippen LogP contribution is -2.49. The van der Waals surface area contributed by atoms with Crippen LogP contribution in [0.5, 0.6) is 0 Å². The molecular weight excluding hydrogens is 192 g/mol. The standard InChI is InChI=1S/C11H22N2O2/c1-8(7-14)13(3)11(15)10-5-4-6-12-9(10)2/h8-10,12,14H,4-7H2,1-3H3. The average molecular weight is 214 g/mol. The van der Waals surface area contributed by atoms with Crippen LogP contribution in [0.15, 0.2) is 0 Å². The predicted molar refractivity (Wildman–Crippen MR) is 59.5 cm³/mol. The topological polar surface area (TPSA) is 52.6 Å². The van der Waals surface area contributed by atoms with Gasteiger partial charge in [0, 0.05) is 13.1 Å². The van der Waals surface area contributed by atoms with E-state index in [2.05, 4.69) is 12.2 Å². The second-order valence-corrected chi connectivity index (χ2v) is 4.47. The van der Waals surface area contributed by atoms with Gasteiger partial charge in [0.1, 0.15) is 0 Å². The van der Waals surface area contributed by atoms with E-state index in [4.69, 9.17) is 5.11 Å². The van der Waals surface area contributed by atoms with Crippen LogP contribution in [0.25, 0.3) is 0 Å². The minimum absolute atomic E-state index is 0.0246. The quantitative estimate of drug-likeness (QED) is 0.706. The highest BCUT2D eigenvalue weighted by Crippen LogP contribution is 2.19. The summed E-state index contributed by atoms with van der Waals surface area (Å²) in [5.41, 5.74) is 0. The summed E-state index contributed by atoms with van der Waals surface area (Å²) < 4.78 is 0. The van der Waals surface area contributed by atoms with Crippen molar-refractivity contribution < 1.29 is 9.90 Å². The van der Waals surface area contributed by atoms with Crippen molar-refractivity contribution in [2.75, 3.05) is 20.2 Å². The third-order valence-corrected chi connectivity index (χ3v) is 3.35. The molecule has 0 aromatic rings. The van der Waals surface area contributed by atoms with Gasteiger partial charge in [-0.05, 0) is 33.2 Å². The molecule has 1 fully saturated rings. The first kappa shape index (κ1) is 12.5. The number of nitrogens with one attached hydrogen (secondary N) is 1. The normalized spacial score (nSPS) is 28.5. The molecular formula is C11H22N2O2. The molecule has 3 unspecified atom stereocenters. The van der Waals surface area contributed by atoms with Crippen molar-refractivity contribution in [3.63, 3.8) is 0 Å². The SMILES string of the molecule is CC1NCCCC1C(=O)N(C)C(C)CO. The fourth-order valence-electron chi connectivity index (χ4n) is 1.98. The summed E-state index contributed by atoms with van der Waals surface area (Å²) in [6.45, 7) is 4.94. The maximum absolute atomic E-state index is 12.1. The zero-order chi connectivity index (χ0) is 11.4. The molecule has 1 saturated heterocycles. The highest BCUT2D eigenvalue weighted by Gasteiger charge is 2.30. The molecule has 0 saturated carbocycles. The van der Waals surface area contributed by atoms with Crippen molar-refractivity contribution in [2.45, 2.75) is 38.8 Å². The second kappa shape index (κ2) is 5.47. The Bertz CT molecular complexity index is 221. The molecule has 0 spiro atoms. The van der Waals surface area contributed by atoms with Crippen LogP contribution in [0.2, 0.25) is 0 Å². The fraction of sp³-hybridized carbons (Fsp3) is 0.909. The smallest absolute Gasteiger partial charge is 0.227 e. The van der Waals surface area contributed by atoms with E-state index in [1.807, 2.05) is 6.92 Å². The number of hydrogen-bond donors (Lipinski definition) is 2. The molecule has 88 valence electrons. The van der Waals surface area contributed by atoms with Crippen molar-refractivity contribution >= 4 is 5.91 Å². The Morgan fingerprint density at radius 2 is 2.33 bits per heavy atom. The fourth-order valence-corrected chi connectivity index (χ4v) is 1.98. The van der Waals surface area contributed by atoms with Gasteiger partial charge in [0.15, 0.2) is 0 Å². The molecule has 4 heteroatoms. The minimum atomic E-state index is -0.0911. The van der Waals surface area contributed by atoms with Crippen LogP contribution in [-0.4, -0.2) is 48.2 Å². The van der Waals surface area contributed by atoms with Gasteiger partial charge in [-0.25, -0.2) is 0 Å². The summed E-state index contributed by atoms with van der Waals surface area (Å²) >= 11 is 0. The van der Waals surface area contributed by atoms with Gasteiger partial charge in [0.25, 0.3) is 0 Å². The Labute approximate surface area is 91.6 Å². The van der Waals surface area contributed by atoms with Gasteiger partial charge in [-0.3, -0.25) is 4.79 Å². The number of rotatable bonds is 3. The minimum Gasteiger partial charge on any atom is -0.394 e. The third-order valence-electron chi connectivity index (χ3n) is 3.35. The van der Waals surface area contributed by atoms with Crippen LogP contribution in [0.3, 0.4) is 0 Å². The van der Waals surface area contributed by atoms with E-state index < -0.39 is 0 Å². The van der Waals surface area contributed by atoms with E-state index in [1.54, 1.807) is 11.9 Å². The molecule has 1 amide bonds. The van der Waals surface area contributed by atoms with Crippen molar-refractivity contribution in [1.82, 2.24) is 10.2 Å². The molecule has 0 aromatic carbocycles. The molecule has 3 atom stereocenters. The van der Waals surface area contributed by atoms with Crippen LogP contribution in [0, 0.1) is 5.92 Å². The zero-order valence-electron chi connectivity index (χ0n) is 9.86. The number of aliphatic hydroxyl groups excluding tert-OH is 1. The van der Waals surface area contributed by atoms with Gasteiger partial charge in [-0.15, -0.1) is 0 Å². The molecule has 0 bridgehead atoms. The van der Waals surface area contributed by atoms with E-state index in [-0.39, 0.29) is 30.5 Å². The summed E-state index contributed by atoms with van der Waals surface area (Å²) in [5.74, 6) is 0.217. The first-order valence-corrected chi connectivity index (χ1v) is 5.68. The highest BCUT2D eigenvalue weighted by molar-refractivity contribution is 5.79. The number of likely N-dealkylation sites (N-methyl/N-ethyl adjacent to an activating group) is 1. The molecule has 1 heterocycles. The summed E-state index contributed by atoms with van der Waals surface area (Å²) in [5, 5.41) is 12.3. The van der Waals surface area contributed by atoms with E-state index in [9.17, 15) is 4.79 Å². The number of carbonyl (C=O) groups is 1. The molecule has 1 aliphatic heterocycles. The number of carbonyl (C=O) groups excluding carboxylic acids is 1. The molecule has 0 aromatic heterocycles. The van der Waals surface area contributed by atoms with Crippen molar-refractivity contribution in [2.24, 2.45) is 5.92 Å². The lowest BCUT2D eigenvalue weighted by atomic mass is 9.90. The Morgan fingerprint density at radius 3 is 2.87 bits per heavy atom. The summed E-state index contributed by atoms with van der Waals surface area (Å²) in [7, 11) is 1.77. The molecule has 0 radical (unpaired) electrons. The van der Waals surface area contributed by atoms with Crippen LogP contribution in [0.4, 0.5) is 0 Å². The third kappa shape index (κ3) is 2.92. The van der Waals surface area contributed by atoms with Gasteiger partial charge in [-0.2, -0.15) is 0 Å². The summed E-state index contributed by atoms with van der Waals surface area (Å²) in [6, 6.07) is 0.159. The highest BCUT2D eigenvalue weighted by atomic mass is 16.3. The van der Waals surface area contributed by atoms with E-state index >= 15 is 0 Å². The maximum Gasteiger partial charge on any atom is 0.227 e. The van der Waals surface area contributed by atoms with Gasteiger partial charge >= 0.3 is 0 Å². The Kier molecular flexibility index (Phi) is 4.54. The molecule has 1 aliphatic rings. The van der Waals surface area contributed by atoms with E-state index in [1.165, 1.54) is 0 Å². The number of amides is 1. The van der Waals surface area contributed by atoms with Crippen LogP contribution in [0.1, 0.15) is 26.7 Å². The number of aliphatic hydroxyl groups is 1. The van der Waals surface area contributed by atoms with Gasteiger partial charge in [0.2, 0.25) is 5.91 Å². The zero-order valence-corrected chi connectivity index (χ0v) is 9.86. The summed E-state index contributed by atoms with van der Waals surface area (Å²) in [4.78, 5) is 13.7. The van der Waals surface area contributed by atoms with Gasteiger partial charge < -0.3 is 15.3 Å². The lowest BCUT2D eigenvalue weighted by Gasteiger charge is -2.34. The van der Waals surface area contributed by atoms with Crippen LogP contribution in [-0.2, 0) is 4.79 Å². The number of nitrogens with zero attached hydrogens (tertiary/aromatic N) is 1. The molecule has 2 N–H and O–H groups in total. The van der Waals surface area contributed by atoms with Crippen molar-refractivity contribution in [3.8, 4) is 0 Å². The maximum atomic E-state index is 12.1. The van der Waals surface area contributed by atoms with E-state index in [0.29, 0.717) is 0 Å². The Balaban J connectivity index is 2.57. The molecule has 15 heavy (non-hydrogen) atoms. The largest absolute Gasteiger partial charge is 0.394 e.